The van der Waals surface area contributed by atoms with Gasteiger partial charge in [-0.25, -0.2) is 0 Å². The highest BCUT2D eigenvalue weighted by molar-refractivity contribution is 5.96. The van der Waals surface area contributed by atoms with Crippen LogP contribution in [0.4, 0.5) is 5.69 Å². The molecule has 3 nitrogen and oxygen atoms in total. The van der Waals surface area contributed by atoms with Gasteiger partial charge in [-0.1, -0.05) is 67.3 Å². The van der Waals surface area contributed by atoms with Crippen molar-refractivity contribution >= 4 is 11.6 Å². The Bertz CT molecular complexity index is 681. The number of rotatable bonds is 10. The van der Waals surface area contributed by atoms with Gasteiger partial charge in [-0.15, -0.1) is 0 Å². The summed E-state index contributed by atoms with van der Waals surface area (Å²) >= 11 is 0. The topological polar surface area (TPSA) is 41.1 Å². The van der Waals surface area contributed by atoms with Crippen molar-refractivity contribution in [2.45, 2.75) is 33.2 Å². The number of para-hydroxylation sites is 1. The molecule has 2 N–H and O–H groups in total. The van der Waals surface area contributed by atoms with Crippen molar-refractivity contribution in [3.8, 4) is 0 Å². The lowest BCUT2D eigenvalue weighted by atomic mass is 10.1. The van der Waals surface area contributed by atoms with Crippen LogP contribution in [0.25, 0.3) is 0 Å². The van der Waals surface area contributed by atoms with Crippen LogP contribution in [0.3, 0.4) is 0 Å². The maximum Gasteiger partial charge on any atom is 0.245 e. The standard InChI is InChI=1S/C23H30N2O/c1-5-8-13-19(4)22(23(26)25-21-15-11-10-12-16-21)24-18-17-20(7-3)14-9-6-2/h5-16,22,24H,3,17-18H2,1-2,4H3,(H,25,26)/b8-5-,9-6-,19-13+,20-14+/t22-/m1/s1. The van der Waals surface area contributed by atoms with Gasteiger partial charge >= 0.3 is 0 Å². The Morgan fingerprint density at radius 3 is 2.38 bits per heavy atom. The number of carbonyl (C=O) groups is 1. The van der Waals surface area contributed by atoms with E-state index in [1.165, 1.54) is 0 Å². The predicted octanol–water partition coefficient (Wildman–Crippen LogP) is 5.18. The van der Waals surface area contributed by atoms with E-state index in [9.17, 15) is 4.79 Å². The van der Waals surface area contributed by atoms with Gasteiger partial charge in [0, 0.05) is 12.2 Å². The van der Waals surface area contributed by atoms with E-state index in [0.717, 1.165) is 23.3 Å². The van der Waals surface area contributed by atoms with Gasteiger partial charge in [0.2, 0.25) is 5.91 Å². The molecular formula is C23H30N2O. The van der Waals surface area contributed by atoms with Gasteiger partial charge in [0.1, 0.15) is 6.04 Å². The number of nitrogens with one attached hydrogen (secondary N) is 2. The molecule has 1 rings (SSSR count). The number of hydrogen-bond donors (Lipinski definition) is 2. The van der Waals surface area contributed by atoms with Gasteiger partial charge in [-0.3, -0.25) is 4.79 Å². The summed E-state index contributed by atoms with van der Waals surface area (Å²) in [4.78, 5) is 12.8. The summed E-state index contributed by atoms with van der Waals surface area (Å²) in [7, 11) is 0. The Kier molecular flexibility index (Phi) is 10.4. The molecule has 1 amide bonds. The third-order valence-corrected chi connectivity index (χ3v) is 3.84. The van der Waals surface area contributed by atoms with Gasteiger partial charge in [0.25, 0.3) is 0 Å². The summed E-state index contributed by atoms with van der Waals surface area (Å²) in [5, 5.41) is 6.34. The van der Waals surface area contributed by atoms with Gasteiger partial charge < -0.3 is 10.6 Å². The van der Waals surface area contributed by atoms with E-state index >= 15 is 0 Å². The Labute approximate surface area is 157 Å². The van der Waals surface area contributed by atoms with E-state index in [1.807, 2.05) is 93.6 Å². The third-order valence-electron chi connectivity index (χ3n) is 3.84. The highest BCUT2D eigenvalue weighted by Gasteiger charge is 2.19. The zero-order chi connectivity index (χ0) is 19.2. The molecule has 138 valence electrons. The smallest absolute Gasteiger partial charge is 0.245 e. The third kappa shape index (κ3) is 7.95. The molecule has 0 aliphatic carbocycles. The number of benzene rings is 1. The van der Waals surface area contributed by atoms with Crippen LogP contribution in [0.1, 0.15) is 27.2 Å². The van der Waals surface area contributed by atoms with Gasteiger partial charge in [0.15, 0.2) is 0 Å². The largest absolute Gasteiger partial charge is 0.324 e. The first-order valence-corrected chi connectivity index (χ1v) is 8.95. The number of hydrogen-bond acceptors (Lipinski definition) is 2. The van der Waals surface area contributed by atoms with Crippen LogP contribution in [-0.4, -0.2) is 18.5 Å². The zero-order valence-electron chi connectivity index (χ0n) is 16.0. The first kappa shape index (κ1) is 21.4. The quantitative estimate of drug-likeness (QED) is 0.571. The van der Waals surface area contributed by atoms with Crippen LogP contribution in [-0.2, 0) is 4.79 Å². The second-order valence-corrected chi connectivity index (χ2v) is 5.90. The van der Waals surface area contributed by atoms with Crippen molar-refractivity contribution < 1.29 is 4.79 Å². The normalized spacial score (nSPS) is 14.0. The second kappa shape index (κ2) is 12.7. The summed E-state index contributed by atoms with van der Waals surface area (Å²) in [6, 6.07) is 9.12. The van der Waals surface area contributed by atoms with Crippen LogP contribution in [0.2, 0.25) is 0 Å². The van der Waals surface area contributed by atoms with Crippen molar-refractivity contribution in [3.63, 3.8) is 0 Å². The van der Waals surface area contributed by atoms with Crippen molar-refractivity contribution in [2.75, 3.05) is 11.9 Å². The molecule has 0 aromatic heterocycles. The Morgan fingerprint density at radius 2 is 1.77 bits per heavy atom. The van der Waals surface area contributed by atoms with Crippen molar-refractivity contribution in [1.82, 2.24) is 5.32 Å². The van der Waals surface area contributed by atoms with Crippen molar-refractivity contribution in [2.24, 2.45) is 0 Å². The van der Waals surface area contributed by atoms with E-state index in [4.69, 9.17) is 0 Å². The summed E-state index contributed by atoms with van der Waals surface area (Å²) in [5.41, 5.74) is 2.89. The summed E-state index contributed by atoms with van der Waals surface area (Å²) < 4.78 is 0. The molecule has 26 heavy (non-hydrogen) atoms. The molecule has 0 saturated carbocycles. The predicted molar refractivity (Wildman–Crippen MR) is 113 cm³/mol. The highest BCUT2D eigenvalue weighted by Crippen LogP contribution is 2.10. The lowest BCUT2D eigenvalue weighted by Gasteiger charge is -2.19. The fourth-order valence-electron chi connectivity index (χ4n) is 2.37. The SMILES string of the molecule is C=C/C(=C\C=C/C)CCN[C@@H](C(=O)Nc1ccccc1)/C(C)=C/C=C\C. The maximum atomic E-state index is 12.8. The highest BCUT2D eigenvalue weighted by atomic mass is 16.2. The molecule has 0 heterocycles. The summed E-state index contributed by atoms with van der Waals surface area (Å²) in [6.45, 7) is 10.4. The van der Waals surface area contributed by atoms with Gasteiger partial charge in [-0.2, -0.15) is 0 Å². The van der Waals surface area contributed by atoms with Crippen LogP contribution in [0.15, 0.2) is 90.6 Å². The average Bonchev–Trinajstić information content (AvgIpc) is 2.66. The van der Waals surface area contributed by atoms with Gasteiger partial charge in [0.05, 0.1) is 0 Å². The molecule has 0 aliphatic rings. The number of anilines is 1. The van der Waals surface area contributed by atoms with Crippen LogP contribution in [0.5, 0.6) is 0 Å². The van der Waals surface area contributed by atoms with E-state index < -0.39 is 0 Å². The molecule has 0 saturated heterocycles. The Balaban J connectivity index is 2.81. The monoisotopic (exact) mass is 350 g/mol. The molecule has 3 heteroatoms. The van der Waals surface area contributed by atoms with E-state index in [-0.39, 0.29) is 11.9 Å². The van der Waals surface area contributed by atoms with E-state index in [0.29, 0.717) is 6.54 Å². The molecule has 0 radical (unpaired) electrons. The molecule has 0 unspecified atom stereocenters. The molecule has 1 aromatic carbocycles. The minimum absolute atomic E-state index is 0.0629. The van der Waals surface area contributed by atoms with Crippen LogP contribution >= 0.6 is 0 Å². The molecule has 0 spiro atoms. The summed E-state index contributed by atoms with van der Waals surface area (Å²) in [5.74, 6) is -0.0629. The average molecular weight is 351 g/mol. The fraction of sp³-hybridized carbons (Fsp3) is 0.261. The first-order chi connectivity index (χ1) is 12.6. The number of amides is 1. The molecule has 0 aliphatic heterocycles. The fourth-order valence-corrected chi connectivity index (χ4v) is 2.37. The van der Waals surface area contributed by atoms with Crippen molar-refractivity contribution in [3.05, 3.63) is 90.6 Å². The lowest BCUT2D eigenvalue weighted by molar-refractivity contribution is -0.117. The van der Waals surface area contributed by atoms with Crippen LogP contribution < -0.4 is 10.6 Å². The van der Waals surface area contributed by atoms with Crippen molar-refractivity contribution in [1.29, 1.82) is 0 Å². The molecule has 1 atom stereocenters. The minimum Gasteiger partial charge on any atom is -0.324 e. The molecule has 0 bridgehead atoms. The minimum atomic E-state index is -0.390. The lowest BCUT2D eigenvalue weighted by Crippen LogP contribution is -2.42. The number of carbonyl (C=O) groups excluding carboxylic acids is 1. The summed E-state index contributed by atoms with van der Waals surface area (Å²) in [6.07, 6.45) is 14.5. The molecule has 0 fully saturated rings. The molecular weight excluding hydrogens is 320 g/mol. The zero-order valence-corrected chi connectivity index (χ0v) is 16.0. The van der Waals surface area contributed by atoms with Crippen LogP contribution in [0, 0.1) is 0 Å². The van der Waals surface area contributed by atoms with E-state index in [2.05, 4.69) is 17.2 Å². The maximum absolute atomic E-state index is 12.8. The Morgan fingerprint density at radius 1 is 1.12 bits per heavy atom. The molecule has 1 aromatic rings. The van der Waals surface area contributed by atoms with E-state index in [1.54, 1.807) is 0 Å². The number of allylic oxidation sites excluding steroid dienone is 7. The van der Waals surface area contributed by atoms with Gasteiger partial charge in [-0.05, 0) is 50.5 Å². The second-order valence-electron chi connectivity index (χ2n) is 5.90. The Hall–Kier alpha value is -2.65. The first-order valence-electron chi connectivity index (χ1n) is 8.95.